The number of benzene rings is 1. The van der Waals surface area contributed by atoms with Crippen molar-refractivity contribution in [1.29, 1.82) is 5.26 Å². The third-order valence-corrected chi connectivity index (χ3v) is 3.89. The van der Waals surface area contributed by atoms with Crippen LogP contribution in [0.15, 0.2) is 36.5 Å². The molecule has 1 unspecified atom stereocenters. The van der Waals surface area contributed by atoms with Gasteiger partial charge in [0.25, 0.3) is 5.91 Å². The van der Waals surface area contributed by atoms with E-state index < -0.39 is 0 Å². The molecule has 0 aliphatic carbocycles. The second kappa shape index (κ2) is 5.57. The largest absolute Gasteiger partial charge is 0.486 e. The Kier molecular flexibility index (Phi) is 3.60. The first-order valence-corrected chi connectivity index (χ1v) is 7.28. The fraction of sp³-hybridized carbons (Fsp3) is 0.294. The molecule has 0 saturated heterocycles. The summed E-state index contributed by atoms with van der Waals surface area (Å²) in [5.41, 5.74) is 1.76. The van der Waals surface area contributed by atoms with E-state index in [-0.39, 0.29) is 12.0 Å². The van der Waals surface area contributed by atoms with Crippen LogP contribution in [-0.4, -0.2) is 23.1 Å². The predicted molar refractivity (Wildman–Crippen MR) is 83.0 cm³/mol. The fourth-order valence-electron chi connectivity index (χ4n) is 2.68. The van der Waals surface area contributed by atoms with Crippen LogP contribution in [0.4, 0.5) is 5.69 Å². The van der Waals surface area contributed by atoms with Crippen LogP contribution in [0.2, 0.25) is 0 Å². The van der Waals surface area contributed by atoms with Gasteiger partial charge in [-0.15, -0.1) is 0 Å². The highest BCUT2D eigenvalue weighted by molar-refractivity contribution is 6.06. The van der Waals surface area contributed by atoms with Crippen molar-refractivity contribution in [3.8, 4) is 11.8 Å². The highest BCUT2D eigenvalue weighted by atomic mass is 16.5. The van der Waals surface area contributed by atoms with Crippen molar-refractivity contribution in [2.24, 2.45) is 7.05 Å². The molecule has 2 heterocycles. The van der Waals surface area contributed by atoms with Gasteiger partial charge in [-0.2, -0.15) is 5.26 Å². The third-order valence-electron chi connectivity index (χ3n) is 3.89. The number of anilines is 1. The molecule has 0 N–H and O–H groups in total. The first-order chi connectivity index (χ1) is 10.6. The lowest BCUT2D eigenvalue weighted by Gasteiger charge is -2.34. The number of aromatic nitrogens is 1. The van der Waals surface area contributed by atoms with Gasteiger partial charge in [0.15, 0.2) is 0 Å². The molecule has 1 amide bonds. The van der Waals surface area contributed by atoms with Gasteiger partial charge in [0.05, 0.1) is 17.8 Å². The van der Waals surface area contributed by atoms with Crippen molar-refractivity contribution in [3.63, 3.8) is 0 Å². The molecule has 1 aromatic carbocycles. The van der Waals surface area contributed by atoms with Crippen LogP contribution < -0.4 is 9.64 Å². The molecular weight excluding hydrogens is 278 g/mol. The average Bonchev–Trinajstić information content (AvgIpc) is 2.94. The van der Waals surface area contributed by atoms with Crippen LogP contribution >= 0.6 is 0 Å². The molecule has 1 aliphatic rings. The van der Waals surface area contributed by atoms with Crippen molar-refractivity contribution >= 4 is 11.6 Å². The van der Waals surface area contributed by atoms with Gasteiger partial charge in [-0.1, -0.05) is 19.1 Å². The number of carbonyl (C=O) groups excluding carboxylic acids is 1. The minimum absolute atomic E-state index is 0.0189. The molecule has 2 aromatic rings. The molecule has 112 valence electrons. The molecule has 5 heteroatoms. The van der Waals surface area contributed by atoms with Crippen molar-refractivity contribution in [2.45, 2.75) is 19.4 Å². The molecule has 1 aliphatic heterocycles. The number of hydrogen-bond acceptors (Lipinski definition) is 3. The zero-order chi connectivity index (χ0) is 15.7. The van der Waals surface area contributed by atoms with Gasteiger partial charge in [0.1, 0.15) is 23.6 Å². The van der Waals surface area contributed by atoms with E-state index in [1.54, 1.807) is 28.8 Å². The molecular formula is C17H17N3O2. The number of fused-ring (bicyclic) bond motifs is 1. The number of para-hydroxylation sites is 2. The zero-order valence-electron chi connectivity index (χ0n) is 12.6. The fourth-order valence-corrected chi connectivity index (χ4v) is 2.68. The zero-order valence-corrected chi connectivity index (χ0v) is 12.6. The summed E-state index contributed by atoms with van der Waals surface area (Å²) in [6.07, 6.45) is 2.47. The number of ether oxygens (including phenoxy) is 1. The smallest absolute Gasteiger partial charge is 0.275 e. The van der Waals surface area contributed by atoms with E-state index >= 15 is 0 Å². The number of aryl methyl sites for hydroxylation is 1. The molecule has 0 saturated carbocycles. The standard InChI is InChI=1S/C17H17N3O2/c1-3-13-11-20(14-6-4-5-7-16(14)22-13)17(21)15-8-12(9-18)10-19(15)2/h4-8,10,13H,3,11H2,1-2H3. The second-order valence-corrected chi connectivity index (χ2v) is 5.37. The van der Waals surface area contributed by atoms with Crippen LogP contribution in [0.3, 0.4) is 0 Å². The van der Waals surface area contributed by atoms with Gasteiger partial charge in [0.2, 0.25) is 0 Å². The number of hydrogen-bond donors (Lipinski definition) is 0. The number of nitrogens with zero attached hydrogens (tertiary/aromatic N) is 3. The van der Waals surface area contributed by atoms with Crippen LogP contribution in [0.1, 0.15) is 29.4 Å². The molecule has 5 nitrogen and oxygen atoms in total. The van der Waals surface area contributed by atoms with Crippen LogP contribution in [0.25, 0.3) is 0 Å². The molecule has 0 spiro atoms. The van der Waals surface area contributed by atoms with Crippen molar-refractivity contribution < 1.29 is 9.53 Å². The topological polar surface area (TPSA) is 58.3 Å². The molecule has 3 rings (SSSR count). The van der Waals surface area contributed by atoms with Gasteiger partial charge in [-0.3, -0.25) is 9.69 Å². The van der Waals surface area contributed by atoms with Gasteiger partial charge < -0.3 is 9.30 Å². The summed E-state index contributed by atoms with van der Waals surface area (Å²) in [7, 11) is 1.78. The van der Waals surface area contributed by atoms with E-state index in [9.17, 15) is 4.79 Å². The second-order valence-electron chi connectivity index (χ2n) is 5.37. The minimum Gasteiger partial charge on any atom is -0.486 e. The van der Waals surface area contributed by atoms with Gasteiger partial charge >= 0.3 is 0 Å². The van der Waals surface area contributed by atoms with E-state index in [2.05, 4.69) is 6.07 Å². The number of carbonyl (C=O) groups is 1. The summed E-state index contributed by atoms with van der Waals surface area (Å²) >= 11 is 0. The van der Waals surface area contributed by atoms with E-state index in [0.717, 1.165) is 17.9 Å². The van der Waals surface area contributed by atoms with E-state index in [4.69, 9.17) is 10.00 Å². The Labute approximate surface area is 129 Å². The Bertz CT molecular complexity index is 758. The molecule has 22 heavy (non-hydrogen) atoms. The Hall–Kier alpha value is -2.74. The maximum Gasteiger partial charge on any atom is 0.275 e. The quantitative estimate of drug-likeness (QED) is 0.856. The molecule has 1 aromatic heterocycles. The van der Waals surface area contributed by atoms with E-state index in [1.165, 1.54) is 0 Å². The molecule has 0 fully saturated rings. The monoisotopic (exact) mass is 295 g/mol. The van der Waals surface area contributed by atoms with Crippen molar-refractivity contribution in [3.05, 3.63) is 47.8 Å². The van der Waals surface area contributed by atoms with Crippen molar-refractivity contribution in [2.75, 3.05) is 11.4 Å². The SMILES string of the molecule is CCC1CN(C(=O)c2cc(C#N)cn2C)c2ccccc2O1. The average molecular weight is 295 g/mol. The predicted octanol–water partition coefficient (Wildman–Crippen LogP) is 2.71. The summed E-state index contributed by atoms with van der Waals surface area (Å²) in [5, 5.41) is 9.00. The summed E-state index contributed by atoms with van der Waals surface area (Å²) < 4.78 is 7.60. The van der Waals surface area contributed by atoms with E-state index in [1.807, 2.05) is 31.2 Å². The van der Waals surface area contributed by atoms with Crippen LogP contribution in [0, 0.1) is 11.3 Å². The first-order valence-electron chi connectivity index (χ1n) is 7.28. The Morgan fingerprint density at radius 2 is 2.23 bits per heavy atom. The Balaban J connectivity index is 2.01. The van der Waals surface area contributed by atoms with Crippen molar-refractivity contribution in [1.82, 2.24) is 4.57 Å². The van der Waals surface area contributed by atoms with Crippen LogP contribution in [-0.2, 0) is 7.05 Å². The molecule has 0 radical (unpaired) electrons. The lowest BCUT2D eigenvalue weighted by molar-refractivity contribution is 0.0946. The molecule has 0 bridgehead atoms. The minimum atomic E-state index is -0.113. The summed E-state index contributed by atoms with van der Waals surface area (Å²) in [4.78, 5) is 14.7. The maximum atomic E-state index is 12.9. The normalized spacial score (nSPS) is 16.6. The summed E-state index contributed by atoms with van der Waals surface area (Å²) in [6.45, 7) is 2.55. The Morgan fingerprint density at radius 3 is 2.91 bits per heavy atom. The highest BCUT2D eigenvalue weighted by Gasteiger charge is 2.30. The van der Waals surface area contributed by atoms with Crippen LogP contribution in [0.5, 0.6) is 5.75 Å². The van der Waals surface area contributed by atoms with E-state index in [0.29, 0.717) is 17.8 Å². The van der Waals surface area contributed by atoms with Gasteiger partial charge in [-0.05, 0) is 24.6 Å². The first kappa shape index (κ1) is 14.2. The summed E-state index contributed by atoms with van der Waals surface area (Å²) in [6, 6.07) is 11.2. The molecule has 1 atom stereocenters. The Morgan fingerprint density at radius 1 is 1.45 bits per heavy atom. The number of nitriles is 1. The lowest BCUT2D eigenvalue weighted by Crippen LogP contribution is -2.43. The number of amides is 1. The van der Waals surface area contributed by atoms with Gasteiger partial charge in [0, 0.05) is 13.2 Å². The highest BCUT2D eigenvalue weighted by Crippen LogP contribution is 2.34. The lowest BCUT2D eigenvalue weighted by atomic mass is 10.1. The maximum absolute atomic E-state index is 12.9. The summed E-state index contributed by atoms with van der Waals surface area (Å²) in [5.74, 6) is 0.613. The number of rotatable bonds is 2. The van der Waals surface area contributed by atoms with Gasteiger partial charge in [-0.25, -0.2) is 0 Å². The third kappa shape index (κ3) is 2.33.